The summed E-state index contributed by atoms with van der Waals surface area (Å²) in [6.45, 7) is 9.68. The Bertz CT molecular complexity index is 675. The minimum absolute atomic E-state index is 0.0754. The van der Waals surface area contributed by atoms with Gasteiger partial charge in [0.2, 0.25) is 5.91 Å². The van der Waals surface area contributed by atoms with E-state index in [1.54, 1.807) is 6.92 Å². The summed E-state index contributed by atoms with van der Waals surface area (Å²) in [4.78, 5) is 29.6. The largest absolute Gasteiger partial charge is 0.341 e. The Hall–Kier alpha value is -1.46. The number of fused-ring (bicyclic) bond motifs is 4. The molecule has 25 heavy (non-hydrogen) atoms. The minimum atomic E-state index is 0.0754. The van der Waals surface area contributed by atoms with Crippen molar-refractivity contribution < 1.29 is 9.59 Å². The molecule has 0 aliphatic carbocycles. The summed E-state index contributed by atoms with van der Waals surface area (Å²) in [7, 11) is 0. The van der Waals surface area contributed by atoms with Gasteiger partial charge in [0.25, 0.3) is 0 Å². The van der Waals surface area contributed by atoms with E-state index in [2.05, 4.69) is 29.7 Å². The Kier molecular flexibility index (Phi) is 5.74. The lowest BCUT2D eigenvalue weighted by Gasteiger charge is -2.35. The fourth-order valence-electron chi connectivity index (χ4n) is 3.85. The number of allylic oxidation sites excluding steroid dienone is 1. The number of amides is 1. The summed E-state index contributed by atoms with van der Waals surface area (Å²) in [5.74, 6) is 0.865. The van der Waals surface area contributed by atoms with E-state index in [4.69, 9.17) is 0 Å². The number of nitrogens with zero attached hydrogens (tertiary/aromatic N) is 2. The lowest BCUT2D eigenvalue weighted by Crippen LogP contribution is -2.44. The third-order valence-corrected chi connectivity index (χ3v) is 6.35. The van der Waals surface area contributed by atoms with Crippen molar-refractivity contribution in [1.29, 1.82) is 0 Å². The number of thiophene rings is 1. The van der Waals surface area contributed by atoms with E-state index in [1.165, 1.54) is 29.8 Å². The van der Waals surface area contributed by atoms with E-state index in [1.807, 2.05) is 11.4 Å². The van der Waals surface area contributed by atoms with Crippen LogP contribution in [0.2, 0.25) is 0 Å². The molecule has 5 heteroatoms. The van der Waals surface area contributed by atoms with Crippen molar-refractivity contribution in [2.24, 2.45) is 5.92 Å². The molecule has 0 unspecified atom stereocenters. The van der Waals surface area contributed by atoms with E-state index >= 15 is 0 Å². The van der Waals surface area contributed by atoms with E-state index in [-0.39, 0.29) is 11.7 Å². The smallest absolute Gasteiger partial charge is 0.227 e. The van der Waals surface area contributed by atoms with E-state index in [0.717, 1.165) is 36.6 Å². The van der Waals surface area contributed by atoms with Crippen molar-refractivity contribution in [3.8, 4) is 0 Å². The number of Topliss-reactive ketones (excluding diaryl/α,β-unsaturated/α-hetero) is 1. The molecule has 0 saturated carbocycles. The first-order chi connectivity index (χ1) is 11.9. The van der Waals surface area contributed by atoms with Gasteiger partial charge in [-0.15, -0.1) is 11.3 Å². The number of ketones is 1. The maximum atomic E-state index is 12.8. The zero-order valence-corrected chi connectivity index (χ0v) is 16.3. The van der Waals surface area contributed by atoms with Gasteiger partial charge in [-0.25, -0.2) is 0 Å². The molecule has 0 aromatic carbocycles. The standard InChI is InChI=1S/C20H28N2O2S/c1-14(2)6-7-21-10-16-4-5-18(21)12-22(11-16)20(24)9-17-8-19(15(3)23)25-13-17/h6,8,13,16,18H,4-5,7,9-12H2,1-3H3/t16-,18-/m0/s1. The molecule has 4 rings (SSSR count). The summed E-state index contributed by atoms with van der Waals surface area (Å²) in [6, 6.07) is 2.35. The molecule has 3 saturated heterocycles. The third kappa shape index (κ3) is 4.59. The normalized spacial score (nSPS) is 23.4. The maximum absolute atomic E-state index is 12.8. The Morgan fingerprint density at radius 1 is 1.20 bits per heavy atom. The molecular weight excluding hydrogens is 332 g/mol. The van der Waals surface area contributed by atoms with E-state index in [0.29, 0.717) is 18.4 Å². The van der Waals surface area contributed by atoms with Crippen LogP contribution in [0.25, 0.3) is 0 Å². The Labute approximate surface area is 154 Å². The third-order valence-electron chi connectivity index (χ3n) is 5.27. The van der Waals surface area contributed by atoms with Crippen LogP contribution in [0.5, 0.6) is 0 Å². The first-order valence-electron chi connectivity index (χ1n) is 9.16. The van der Waals surface area contributed by atoms with Crippen molar-refractivity contribution in [2.45, 2.75) is 46.1 Å². The highest BCUT2D eigenvalue weighted by Crippen LogP contribution is 2.28. The summed E-state index contributed by atoms with van der Waals surface area (Å²) >= 11 is 1.44. The van der Waals surface area contributed by atoms with Gasteiger partial charge in [-0.1, -0.05) is 11.6 Å². The molecule has 0 radical (unpaired) electrons. The first kappa shape index (κ1) is 18.3. The van der Waals surface area contributed by atoms with Gasteiger partial charge < -0.3 is 4.90 Å². The Balaban J connectivity index is 1.64. The van der Waals surface area contributed by atoms with Crippen LogP contribution in [0.1, 0.15) is 48.8 Å². The Morgan fingerprint density at radius 3 is 2.68 bits per heavy atom. The molecule has 0 N–H and O–H groups in total. The number of hydrogen-bond acceptors (Lipinski definition) is 4. The van der Waals surface area contributed by atoms with Crippen molar-refractivity contribution in [3.05, 3.63) is 33.5 Å². The van der Waals surface area contributed by atoms with Crippen molar-refractivity contribution in [3.63, 3.8) is 0 Å². The van der Waals surface area contributed by atoms with Crippen LogP contribution in [-0.4, -0.2) is 53.7 Å². The quantitative estimate of drug-likeness (QED) is 0.597. The van der Waals surface area contributed by atoms with Crippen LogP contribution in [-0.2, 0) is 11.2 Å². The van der Waals surface area contributed by atoms with Crippen LogP contribution in [0.15, 0.2) is 23.1 Å². The van der Waals surface area contributed by atoms with Gasteiger partial charge >= 0.3 is 0 Å². The average molecular weight is 361 g/mol. The second-order valence-electron chi connectivity index (χ2n) is 7.68. The molecule has 1 amide bonds. The number of rotatable bonds is 5. The summed E-state index contributed by atoms with van der Waals surface area (Å²) in [5, 5.41) is 1.95. The van der Waals surface area contributed by atoms with Crippen LogP contribution in [0, 0.1) is 5.92 Å². The molecular formula is C20H28N2O2S. The summed E-state index contributed by atoms with van der Waals surface area (Å²) in [6.07, 6.45) is 5.13. The fraction of sp³-hybridized carbons (Fsp3) is 0.600. The monoisotopic (exact) mass is 360 g/mol. The molecule has 3 fully saturated rings. The SMILES string of the molecule is CC(=O)c1cc(CC(=O)N2C[C@H]3CC[C@@H](C2)N(CC=C(C)C)C3)cs1. The summed E-state index contributed by atoms with van der Waals surface area (Å²) < 4.78 is 0. The molecule has 2 atom stereocenters. The second-order valence-corrected chi connectivity index (χ2v) is 8.59. The zero-order valence-electron chi connectivity index (χ0n) is 15.5. The molecule has 136 valence electrons. The molecule has 4 heterocycles. The highest BCUT2D eigenvalue weighted by atomic mass is 32.1. The van der Waals surface area contributed by atoms with E-state index in [9.17, 15) is 9.59 Å². The zero-order chi connectivity index (χ0) is 18.0. The predicted octanol–water partition coefficient (Wildman–Crippen LogP) is 3.38. The number of hydrogen-bond donors (Lipinski definition) is 0. The topological polar surface area (TPSA) is 40.6 Å². The van der Waals surface area contributed by atoms with Crippen LogP contribution in [0.3, 0.4) is 0 Å². The van der Waals surface area contributed by atoms with Gasteiger partial charge in [-0.3, -0.25) is 14.5 Å². The second kappa shape index (κ2) is 7.83. The average Bonchev–Trinajstić information content (AvgIpc) is 2.84. The molecule has 1 aromatic heterocycles. The fourth-order valence-corrected chi connectivity index (χ4v) is 4.66. The highest BCUT2D eigenvalue weighted by molar-refractivity contribution is 7.12. The molecule has 1 aromatic rings. The van der Waals surface area contributed by atoms with Gasteiger partial charge in [0.1, 0.15) is 0 Å². The maximum Gasteiger partial charge on any atom is 0.227 e. The Morgan fingerprint density at radius 2 is 2.00 bits per heavy atom. The van der Waals surface area contributed by atoms with Gasteiger partial charge in [0.15, 0.2) is 5.78 Å². The molecule has 3 aliphatic heterocycles. The number of carbonyl (C=O) groups excluding carboxylic acids is 2. The lowest BCUT2D eigenvalue weighted by molar-refractivity contribution is -0.130. The number of carbonyl (C=O) groups is 2. The van der Waals surface area contributed by atoms with Crippen molar-refractivity contribution in [2.75, 3.05) is 26.2 Å². The van der Waals surface area contributed by atoms with Gasteiger partial charge in [0, 0.05) is 32.2 Å². The van der Waals surface area contributed by atoms with Gasteiger partial charge in [0.05, 0.1) is 11.3 Å². The van der Waals surface area contributed by atoms with Gasteiger partial charge in [-0.2, -0.15) is 0 Å². The van der Waals surface area contributed by atoms with Crippen LogP contribution < -0.4 is 0 Å². The van der Waals surface area contributed by atoms with Crippen molar-refractivity contribution in [1.82, 2.24) is 9.80 Å². The van der Waals surface area contributed by atoms with Crippen LogP contribution in [0.4, 0.5) is 0 Å². The molecule has 4 nitrogen and oxygen atoms in total. The highest BCUT2D eigenvalue weighted by Gasteiger charge is 2.35. The molecule has 0 spiro atoms. The molecule has 2 bridgehead atoms. The predicted molar refractivity (Wildman–Crippen MR) is 102 cm³/mol. The van der Waals surface area contributed by atoms with Crippen molar-refractivity contribution >= 4 is 23.0 Å². The lowest BCUT2D eigenvalue weighted by atomic mass is 9.95. The van der Waals surface area contributed by atoms with Crippen LogP contribution >= 0.6 is 11.3 Å². The number of piperidine rings is 1. The minimum Gasteiger partial charge on any atom is -0.341 e. The summed E-state index contributed by atoms with van der Waals surface area (Å²) in [5.41, 5.74) is 2.32. The van der Waals surface area contributed by atoms with Gasteiger partial charge in [-0.05, 0) is 56.5 Å². The first-order valence-corrected chi connectivity index (χ1v) is 10.0. The molecule has 3 aliphatic rings. The van der Waals surface area contributed by atoms with E-state index < -0.39 is 0 Å².